The molecule has 4 amide bonds. The van der Waals surface area contributed by atoms with Gasteiger partial charge >= 0.3 is 6.09 Å². The summed E-state index contributed by atoms with van der Waals surface area (Å²) in [6, 6.07) is 18.2. The number of primary amides is 1. The standard InChI is InChI=1S/C32H40N4O5/c1-20-12-14-22(15-13-20)27(28(38)34-24-17-16-21-10-8-9-11-23(21)18-24)36(31(2,3)4)29(39)25(19-26(33)37)35-30(40)41-32(5,6)7/h8-18,25,27H,19H2,1-7H3,(H2,33,37)(H,34,38)(H,35,40). The molecule has 9 heteroatoms. The zero-order valence-corrected chi connectivity index (χ0v) is 24.8. The highest BCUT2D eigenvalue weighted by Gasteiger charge is 2.42. The zero-order chi connectivity index (χ0) is 30.5. The predicted molar refractivity (Wildman–Crippen MR) is 160 cm³/mol. The third-order valence-electron chi connectivity index (χ3n) is 6.27. The Hall–Kier alpha value is -4.40. The molecule has 3 rings (SSSR count). The summed E-state index contributed by atoms with van der Waals surface area (Å²) in [5.74, 6) is -1.90. The molecule has 0 aromatic heterocycles. The molecule has 218 valence electrons. The molecular formula is C32H40N4O5. The van der Waals surface area contributed by atoms with Crippen molar-refractivity contribution in [2.24, 2.45) is 5.73 Å². The summed E-state index contributed by atoms with van der Waals surface area (Å²) >= 11 is 0. The van der Waals surface area contributed by atoms with E-state index < -0.39 is 53.5 Å². The molecule has 0 aliphatic carbocycles. The quantitative estimate of drug-likeness (QED) is 0.348. The SMILES string of the molecule is Cc1ccc(C(C(=O)Nc2ccc3ccccc3c2)N(C(=O)C(CC(N)=O)NC(=O)OC(C)(C)C)C(C)(C)C)cc1. The number of carbonyl (C=O) groups is 4. The molecule has 3 aromatic carbocycles. The van der Waals surface area contributed by atoms with E-state index in [0.717, 1.165) is 16.3 Å². The number of hydrogen-bond acceptors (Lipinski definition) is 5. The minimum absolute atomic E-state index is 0.456. The normalized spacial score (nSPS) is 13.1. The molecule has 4 N–H and O–H groups in total. The number of carbonyl (C=O) groups excluding carboxylic acids is 4. The molecule has 0 fully saturated rings. The van der Waals surface area contributed by atoms with Crippen molar-refractivity contribution in [3.63, 3.8) is 0 Å². The van der Waals surface area contributed by atoms with E-state index in [4.69, 9.17) is 10.5 Å². The number of nitrogens with two attached hydrogens (primary N) is 1. The number of anilines is 1. The number of hydrogen-bond donors (Lipinski definition) is 3. The number of fused-ring (bicyclic) bond motifs is 1. The average molecular weight is 561 g/mol. The van der Waals surface area contributed by atoms with Crippen LogP contribution in [0, 0.1) is 6.92 Å². The van der Waals surface area contributed by atoms with Crippen LogP contribution < -0.4 is 16.4 Å². The van der Waals surface area contributed by atoms with Crippen LogP contribution in [-0.4, -0.2) is 45.9 Å². The topological polar surface area (TPSA) is 131 Å². The minimum atomic E-state index is -1.36. The monoisotopic (exact) mass is 560 g/mol. The predicted octanol–water partition coefficient (Wildman–Crippen LogP) is 5.22. The number of rotatable bonds is 8. The third-order valence-corrected chi connectivity index (χ3v) is 6.27. The van der Waals surface area contributed by atoms with Gasteiger partial charge in [0, 0.05) is 11.2 Å². The van der Waals surface area contributed by atoms with Gasteiger partial charge in [0.05, 0.1) is 6.42 Å². The zero-order valence-electron chi connectivity index (χ0n) is 24.8. The summed E-state index contributed by atoms with van der Waals surface area (Å²) in [6.45, 7) is 12.3. The number of ether oxygens (including phenoxy) is 1. The Bertz CT molecular complexity index is 1420. The number of nitrogens with one attached hydrogen (secondary N) is 2. The Morgan fingerprint density at radius 1 is 0.878 bits per heavy atom. The van der Waals surface area contributed by atoms with Crippen molar-refractivity contribution in [3.05, 3.63) is 77.9 Å². The van der Waals surface area contributed by atoms with Crippen LogP contribution in [0.25, 0.3) is 10.8 Å². The Morgan fingerprint density at radius 2 is 1.49 bits per heavy atom. The van der Waals surface area contributed by atoms with E-state index in [0.29, 0.717) is 11.3 Å². The summed E-state index contributed by atoms with van der Waals surface area (Å²) in [7, 11) is 0. The van der Waals surface area contributed by atoms with Crippen LogP contribution in [0.1, 0.15) is 65.1 Å². The van der Waals surface area contributed by atoms with Crippen molar-refractivity contribution in [1.29, 1.82) is 0 Å². The van der Waals surface area contributed by atoms with Gasteiger partial charge in [-0.2, -0.15) is 0 Å². The van der Waals surface area contributed by atoms with E-state index in [1.165, 1.54) is 4.90 Å². The van der Waals surface area contributed by atoms with Gasteiger partial charge in [0.2, 0.25) is 11.8 Å². The first-order chi connectivity index (χ1) is 19.0. The molecule has 3 aromatic rings. The Kier molecular flexibility index (Phi) is 9.42. The van der Waals surface area contributed by atoms with Crippen LogP contribution in [-0.2, 0) is 19.1 Å². The first-order valence-corrected chi connectivity index (χ1v) is 13.5. The van der Waals surface area contributed by atoms with Crippen molar-refractivity contribution in [3.8, 4) is 0 Å². The molecule has 41 heavy (non-hydrogen) atoms. The van der Waals surface area contributed by atoms with E-state index in [1.807, 2.05) is 55.5 Å². The van der Waals surface area contributed by atoms with Gasteiger partial charge < -0.3 is 26.0 Å². The van der Waals surface area contributed by atoms with Crippen LogP contribution in [0.15, 0.2) is 66.7 Å². The maximum atomic E-state index is 14.2. The number of alkyl carbamates (subject to hydrolysis) is 1. The third kappa shape index (κ3) is 8.54. The van der Waals surface area contributed by atoms with E-state index in [-0.39, 0.29) is 0 Å². The van der Waals surface area contributed by atoms with Crippen LogP contribution in [0.2, 0.25) is 0 Å². The van der Waals surface area contributed by atoms with E-state index >= 15 is 0 Å². The van der Waals surface area contributed by atoms with Crippen LogP contribution in [0.4, 0.5) is 10.5 Å². The fourth-order valence-corrected chi connectivity index (χ4v) is 4.51. The lowest BCUT2D eigenvalue weighted by atomic mass is 9.94. The first kappa shape index (κ1) is 31.1. The molecule has 0 aliphatic heterocycles. The van der Waals surface area contributed by atoms with Gasteiger partial charge in [-0.25, -0.2) is 4.79 Å². The lowest BCUT2D eigenvalue weighted by Crippen LogP contribution is -2.58. The highest BCUT2D eigenvalue weighted by Crippen LogP contribution is 2.32. The molecule has 0 saturated carbocycles. The van der Waals surface area contributed by atoms with Crippen molar-refractivity contribution < 1.29 is 23.9 Å². The van der Waals surface area contributed by atoms with E-state index in [9.17, 15) is 19.2 Å². The molecule has 0 heterocycles. The van der Waals surface area contributed by atoms with Crippen molar-refractivity contribution >= 4 is 40.3 Å². The Morgan fingerprint density at radius 3 is 2.05 bits per heavy atom. The molecule has 9 nitrogen and oxygen atoms in total. The summed E-state index contributed by atoms with van der Waals surface area (Å²) in [6.07, 6.45) is -1.35. The molecule has 0 radical (unpaired) electrons. The van der Waals surface area contributed by atoms with E-state index in [1.54, 1.807) is 59.7 Å². The number of aryl methyl sites for hydroxylation is 1. The molecule has 2 atom stereocenters. The second kappa shape index (κ2) is 12.4. The fraction of sp³-hybridized carbons (Fsp3) is 0.375. The van der Waals surface area contributed by atoms with Gasteiger partial charge in [0.25, 0.3) is 5.91 Å². The first-order valence-electron chi connectivity index (χ1n) is 13.5. The minimum Gasteiger partial charge on any atom is -0.444 e. The highest BCUT2D eigenvalue weighted by atomic mass is 16.6. The van der Waals surface area contributed by atoms with Gasteiger partial charge in [0.15, 0.2) is 0 Å². The number of nitrogens with zero attached hydrogens (tertiary/aromatic N) is 1. The molecule has 2 unspecified atom stereocenters. The van der Waals surface area contributed by atoms with Crippen molar-refractivity contribution in [1.82, 2.24) is 10.2 Å². The lowest BCUT2D eigenvalue weighted by molar-refractivity contribution is -0.147. The molecule has 0 bridgehead atoms. The summed E-state index contributed by atoms with van der Waals surface area (Å²) in [4.78, 5) is 54.3. The maximum absolute atomic E-state index is 14.2. The summed E-state index contributed by atoms with van der Waals surface area (Å²) < 4.78 is 5.33. The van der Waals surface area contributed by atoms with Gasteiger partial charge in [0.1, 0.15) is 17.7 Å². The highest BCUT2D eigenvalue weighted by molar-refractivity contribution is 6.01. The van der Waals surface area contributed by atoms with Crippen molar-refractivity contribution in [2.45, 2.75) is 78.1 Å². The Labute approximate surface area is 241 Å². The maximum Gasteiger partial charge on any atom is 0.408 e. The van der Waals surface area contributed by atoms with Crippen LogP contribution in [0.3, 0.4) is 0 Å². The molecule has 0 saturated heterocycles. The molecular weight excluding hydrogens is 520 g/mol. The van der Waals surface area contributed by atoms with Crippen molar-refractivity contribution in [2.75, 3.05) is 5.32 Å². The van der Waals surface area contributed by atoms with E-state index in [2.05, 4.69) is 10.6 Å². The second-order valence-electron chi connectivity index (χ2n) is 12.1. The van der Waals surface area contributed by atoms with Gasteiger partial charge in [-0.3, -0.25) is 14.4 Å². The van der Waals surface area contributed by atoms with Gasteiger partial charge in [-0.15, -0.1) is 0 Å². The number of benzene rings is 3. The number of amides is 4. The van der Waals surface area contributed by atoms with Gasteiger partial charge in [-0.1, -0.05) is 60.2 Å². The summed E-state index contributed by atoms with van der Waals surface area (Å²) in [5, 5.41) is 7.44. The average Bonchev–Trinajstić information content (AvgIpc) is 2.85. The van der Waals surface area contributed by atoms with Gasteiger partial charge in [-0.05, 0) is 76.9 Å². The van der Waals surface area contributed by atoms with Crippen LogP contribution in [0.5, 0.6) is 0 Å². The second-order valence-corrected chi connectivity index (χ2v) is 12.1. The van der Waals surface area contributed by atoms with Crippen LogP contribution >= 0.6 is 0 Å². The molecule has 0 aliphatic rings. The summed E-state index contributed by atoms with van der Waals surface area (Å²) in [5.41, 5.74) is 5.83. The Balaban J connectivity index is 2.06. The molecule has 0 spiro atoms. The smallest absolute Gasteiger partial charge is 0.408 e. The lowest BCUT2D eigenvalue weighted by Gasteiger charge is -2.43. The fourth-order valence-electron chi connectivity index (χ4n) is 4.51. The largest absolute Gasteiger partial charge is 0.444 e.